The van der Waals surface area contributed by atoms with Gasteiger partial charge in [0.05, 0.1) is 0 Å². The maximum absolute atomic E-state index is 11.5. The first-order valence-corrected chi connectivity index (χ1v) is 9.16. The van der Waals surface area contributed by atoms with Crippen molar-refractivity contribution in [1.29, 1.82) is 0 Å². The third-order valence-corrected chi connectivity index (χ3v) is 3.87. The van der Waals surface area contributed by atoms with Crippen molar-refractivity contribution in [2.75, 3.05) is 35.9 Å². The van der Waals surface area contributed by atoms with Gasteiger partial charge < -0.3 is 10.6 Å². The number of nitrogens with one attached hydrogen (secondary N) is 2. The van der Waals surface area contributed by atoms with Crippen LogP contribution in [0, 0.1) is 0 Å². The van der Waals surface area contributed by atoms with Crippen LogP contribution >= 0.6 is 11.8 Å². The Balaban J connectivity index is 2.35. The highest BCUT2D eigenvalue weighted by molar-refractivity contribution is 7.98. The van der Waals surface area contributed by atoms with Crippen LogP contribution in [0.15, 0.2) is 24.3 Å². The first kappa shape index (κ1) is 16.0. The molecule has 0 aliphatic rings. The number of rotatable bonds is 7. The van der Waals surface area contributed by atoms with Gasteiger partial charge in [-0.1, -0.05) is 12.1 Å². The fourth-order valence-electron chi connectivity index (χ4n) is 1.46. The number of urea groups is 1. The number of aryl methyl sites for hydroxylation is 1. The number of thioether (sulfide) groups is 1. The molecule has 0 spiro atoms. The number of carbonyl (C=O) groups excluding carboxylic acids is 1. The van der Waals surface area contributed by atoms with Gasteiger partial charge in [-0.2, -0.15) is 11.8 Å². The van der Waals surface area contributed by atoms with Crippen LogP contribution in [0.1, 0.15) is 5.56 Å². The van der Waals surface area contributed by atoms with E-state index in [0.29, 0.717) is 12.3 Å². The van der Waals surface area contributed by atoms with E-state index in [2.05, 4.69) is 16.9 Å². The summed E-state index contributed by atoms with van der Waals surface area (Å²) in [5, 5.41) is 5.41. The van der Waals surface area contributed by atoms with Crippen LogP contribution in [0.2, 0.25) is 0 Å². The number of hydrogen-bond donors (Lipinski definition) is 2. The van der Waals surface area contributed by atoms with Crippen molar-refractivity contribution in [1.82, 2.24) is 5.32 Å². The minimum absolute atomic E-state index is 0.262. The molecular weight excluding hydrogens is 280 g/mol. The maximum atomic E-state index is 11.5. The quantitative estimate of drug-likeness (QED) is 0.810. The number of carbonyl (C=O) groups is 1. The Kier molecular flexibility index (Phi) is 7.59. The SMILES string of the molecule is CSCCc1ccc(NC(=O)NCCS(C)=O)cc1. The molecule has 1 aromatic rings. The van der Waals surface area contributed by atoms with Crippen LogP contribution < -0.4 is 10.6 Å². The van der Waals surface area contributed by atoms with Crippen LogP contribution in [0.5, 0.6) is 0 Å². The molecule has 4 nitrogen and oxygen atoms in total. The summed E-state index contributed by atoms with van der Waals surface area (Å²) in [7, 11) is -0.879. The summed E-state index contributed by atoms with van der Waals surface area (Å²) < 4.78 is 10.8. The summed E-state index contributed by atoms with van der Waals surface area (Å²) in [6, 6.07) is 7.57. The van der Waals surface area contributed by atoms with E-state index >= 15 is 0 Å². The predicted octanol–water partition coefficient (Wildman–Crippen LogP) is 2.09. The zero-order chi connectivity index (χ0) is 14.1. The molecule has 0 radical (unpaired) electrons. The topological polar surface area (TPSA) is 58.2 Å². The van der Waals surface area contributed by atoms with Crippen LogP contribution in [0.4, 0.5) is 10.5 Å². The van der Waals surface area contributed by atoms with Crippen molar-refractivity contribution in [3.05, 3.63) is 29.8 Å². The number of benzene rings is 1. The molecule has 19 heavy (non-hydrogen) atoms. The minimum Gasteiger partial charge on any atom is -0.337 e. The van der Waals surface area contributed by atoms with E-state index in [0.717, 1.165) is 17.9 Å². The molecule has 1 unspecified atom stereocenters. The molecule has 0 heterocycles. The van der Waals surface area contributed by atoms with Gasteiger partial charge in [-0.15, -0.1) is 0 Å². The first-order chi connectivity index (χ1) is 9.11. The molecule has 6 heteroatoms. The smallest absolute Gasteiger partial charge is 0.319 e. The largest absolute Gasteiger partial charge is 0.337 e. The fraction of sp³-hybridized carbons (Fsp3) is 0.462. The van der Waals surface area contributed by atoms with Gasteiger partial charge in [0.25, 0.3) is 0 Å². The molecule has 0 aromatic heterocycles. The average molecular weight is 300 g/mol. The Bertz CT molecular complexity index is 421. The fourth-order valence-corrected chi connectivity index (χ4v) is 2.29. The molecule has 106 valence electrons. The van der Waals surface area contributed by atoms with Crippen molar-refractivity contribution in [2.45, 2.75) is 6.42 Å². The second-order valence-electron chi connectivity index (χ2n) is 4.10. The Hall–Kier alpha value is -1.01. The second kappa shape index (κ2) is 8.98. The Morgan fingerprint density at radius 3 is 2.58 bits per heavy atom. The number of amides is 2. The normalized spacial score (nSPS) is 11.9. The van der Waals surface area contributed by atoms with E-state index in [1.165, 1.54) is 5.56 Å². The van der Waals surface area contributed by atoms with E-state index in [-0.39, 0.29) is 6.03 Å². The molecule has 0 saturated heterocycles. The van der Waals surface area contributed by atoms with Crippen molar-refractivity contribution < 1.29 is 9.00 Å². The molecule has 2 N–H and O–H groups in total. The van der Waals surface area contributed by atoms with E-state index in [9.17, 15) is 9.00 Å². The highest BCUT2D eigenvalue weighted by Gasteiger charge is 2.01. The first-order valence-electron chi connectivity index (χ1n) is 6.04. The van der Waals surface area contributed by atoms with Crippen molar-refractivity contribution in [3.8, 4) is 0 Å². The average Bonchev–Trinajstić information content (AvgIpc) is 2.37. The molecule has 0 saturated carbocycles. The second-order valence-corrected chi connectivity index (χ2v) is 6.64. The molecule has 1 aromatic carbocycles. The van der Waals surface area contributed by atoms with E-state index in [1.807, 2.05) is 36.0 Å². The van der Waals surface area contributed by atoms with E-state index in [1.54, 1.807) is 6.26 Å². The summed E-state index contributed by atoms with van der Waals surface area (Å²) in [6.45, 7) is 0.417. The van der Waals surface area contributed by atoms with Crippen LogP contribution in [-0.4, -0.2) is 40.8 Å². The van der Waals surface area contributed by atoms with Crippen LogP contribution in [0.3, 0.4) is 0 Å². The predicted molar refractivity (Wildman–Crippen MR) is 84.5 cm³/mol. The van der Waals surface area contributed by atoms with Gasteiger partial charge in [-0.25, -0.2) is 4.79 Å². The molecule has 0 aliphatic carbocycles. The third-order valence-electron chi connectivity index (χ3n) is 2.48. The summed E-state index contributed by atoms with van der Waals surface area (Å²) >= 11 is 1.82. The third kappa shape index (κ3) is 7.22. The standard InChI is InChI=1S/C13H20N2O2S2/c1-18-9-7-11-3-5-12(6-4-11)15-13(16)14-8-10-19(2)17/h3-6H,7-10H2,1-2H3,(H2,14,15,16). The van der Waals surface area contributed by atoms with Gasteiger partial charge in [0, 0.05) is 35.0 Å². The Morgan fingerprint density at radius 2 is 2.00 bits per heavy atom. The van der Waals surface area contributed by atoms with Gasteiger partial charge >= 0.3 is 6.03 Å². The zero-order valence-electron chi connectivity index (χ0n) is 11.3. The lowest BCUT2D eigenvalue weighted by atomic mass is 10.1. The lowest BCUT2D eigenvalue weighted by Gasteiger charge is -2.07. The Morgan fingerprint density at radius 1 is 1.32 bits per heavy atom. The Labute approximate surface area is 121 Å². The lowest BCUT2D eigenvalue weighted by molar-refractivity contribution is 0.252. The van der Waals surface area contributed by atoms with Crippen LogP contribution in [0.25, 0.3) is 0 Å². The highest BCUT2D eigenvalue weighted by Crippen LogP contribution is 2.11. The zero-order valence-corrected chi connectivity index (χ0v) is 12.9. The molecule has 0 bridgehead atoms. The number of hydrogen-bond acceptors (Lipinski definition) is 3. The summed E-state index contributed by atoms with van der Waals surface area (Å²) in [6.07, 6.45) is 4.74. The molecule has 2 amide bonds. The monoisotopic (exact) mass is 300 g/mol. The van der Waals surface area contributed by atoms with E-state index in [4.69, 9.17) is 0 Å². The van der Waals surface area contributed by atoms with Gasteiger partial charge in [0.2, 0.25) is 0 Å². The molecule has 0 aliphatic heterocycles. The molecule has 0 fully saturated rings. The molecular formula is C13H20N2O2S2. The van der Waals surface area contributed by atoms with Gasteiger partial charge in [-0.3, -0.25) is 4.21 Å². The lowest BCUT2D eigenvalue weighted by Crippen LogP contribution is -2.31. The summed E-state index contributed by atoms with van der Waals surface area (Å²) in [5.74, 6) is 1.57. The van der Waals surface area contributed by atoms with Gasteiger partial charge in [0.1, 0.15) is 0 Å². The van der Waals surface area contributed by atoms with Crippen molar-refractivity contribution >= 4 is 34.3 Å². The molecule has 1 atom stereocenters. The number of anilines is 1. The minimum atomic E-state index is -0.879. The van der Waals surface area contributed by atoms with Gasteiger partial charge in [0.15, 0.2) is 0 Å². The van der Waals surface area contributed by atoms with Gasteiger partial charge in [-0.05, 0) is 36.1 Å². The van der Waals surface area contributed by atoms with Crippen molar-refractivity contribution in [2.24, 2.45) is 0 Å². The molecule has 1 rings (SSSR count). The van der Waals surface area contributed by atoms with Crippen LogP contribution in [-0.2, 0) is 17.2 Å². The summed E-state index contributed by atoms with van der Waals surface area (Å²) in [4.78, 5) is 11.5. The van der Waals surface area contributed by atoms with E-state index < -0.39 is 10.8 Å². The summed E-state index contributed by atoms with van der Waals surface area (Å²) in [5.41, 5.74) is 2.03. The highest BCUT2D eigenvalue weighted by atomic mass is 32.2. The van der Waals surface area contributed by atoms with Crippen molar-refractivity contribution in [3.63, 3.8) is 0 Å². The maximum Gasteiger partial charge on any atom is 0.319 e.